The molecule has 0 radical (unpaired) electrons. The lowest BCUT2D eigenvalue weighted by atomic mass is 10.00. The van der Waals surface area contributed by atoms with Crippen molar-refractivity contribution in [3.05, 3.63) is 53.2 Å². The van der Waals surface area contributed by atoms with E-state index >= 15 is 0 Å². The first-order chi connectivity index (χ1) is 12.2. The molecule has 0 aliphatic carbocycles. The highest BCUT2D eigenvalue weighted by Crippen LogP contribution is 2.30. The Bertz CT molecular complexity index is 752. The van der Waals surface area contributed by atoms with E-state index < -0.39 is 0 Å². The molecule has 3 aliphatic heterocycles. The van der Waals surface area contributed by atoms with Crippen LogP contribution in [0.4, 0.5) is 4.39 Å². The number of nitrogens with one attached hydrogen (secondary N) is 2. The highest BCUT2D eigenvalue weighted by molar-refractivity contribution is 5.95. The molecule has 4 rings (SSSR count). The number of aryl methyl sites for hydroxylation is 1. The van der Waals surface area contributed by atoms with Gasteiger partial charge in [-0.3, -0.25) is 5.01 Å². The van der Waals surface area contributed by atoms with E-state index in [0.29, 0.717) is 12.1 Å². The molecule has 0 fully saturated rings. The zero-order chi connectivity index (χ0) is 17.2. The van der Waals surface area contributed by atoms with Gasteiger partial charge in [-0.1, -0.05) is 6.07 Å². The lowest BCUT2D eigenvalue weighted by molar-refractivity contribution is 0.330. The number of hydrazine groups is 1. The number of amidine groups is 1. The third kappa shape index (κ3) is 3.45. The third-order valence-electron chi connectivity index (χ3n) is 4.94. The van der Waals surface area contributed by atoms with Crippen molar-refractivity contribution in [3.8, 4) is 0 Å². The van der Waals surface area contributed by atoms with Crippen molar-refractivity contribution in [2.24, 2.45) is 4.99 Å². The number of hydrogen-bond donors (Lipinski definition) is 2. The van der Waals surface area contributed by atoms with E-state index in [0.717, 1.165) is 56.1 Å². The molecular formula is C19H24FN5. The van der Waals surface area contributed by atoms with Crippen LogP contribution >= 0.6 is 0 Å². The van der Waals surface area contributed by atoms with Gasteiger partial charge in [-0.25, -0.2) is 14.8 Å². The largest absolute Gasteiger partial charge is 0.369 e. The van der Waals surface area contributed by atoms with Crippen molar-refractivity contribution in [2.45, 2.75) is 19.3 Å². The van der Waals surface area contributed by atoms with E-state index in [9.17, 15) is 4.39 Å². The lowest BCUT2D eigenvalue weighted by Crippen LogP contribution is -2.35. The maximum absolute atomic E-state index is 14.5. The molecule has 0 unspecified atom stereocenters. The number of rotatable bonds is 0. The fourth-order valence-corrected chi connectivity index (χ4v) is 3.48. The second kappa shape index (κ2) is 6.98. The Morgan fingerprint density at radius 2 is 2.12 bits per heavy atom. The van der Waals surface area contributed by atoms with Crippen molar-refractivity contribution in [2.75, 3.05) is 33.2 Å². The van der Waals surface area contributed by atoms with Gasteiger partial charge in [-0.2, -0.15) is 0 Å². The third-order valence-corrected chi connectivity index (χ3v) is 4.94. The molecule has 5 nitrogen and oxygen atoms in total. The second-order valence-electron chi connectivity index (χ2n) is 6.82. The second-order valence-corrected chi connectivity index (χ2v) is 6.82. The highest BCUT2D eigenvalue weighted by Gasteiger charge is 2.26. The van der Waals surface area contributed by atoms with E-state index in [4.69, 9.17) is 4.99 Å². The summed E-state index contributed by atoms with van der Waals surface area (Å²) in [6, 6.07) is 5.49. The van der Waals surface area contributed by atoms with E-state index in [1.54, 1.807) is 6.07 Å². The summed E-state index contributed by atoms with van der Waals surface area (Å²) in [4.78, 5) is 7.05. The minimum atomic E-state index is -0.182. The fraction of sp³-hybridized carbons (Fsp3) is 0.421. The van der Waals surface area contributed by atoms with Crippen LogP contribution in [0.15, 0.2) is 41.3 Å². The molecule has 3 aliphatic rings. The maximum Gasteiger partial charge on any atom is 0.154 e. The van der Waals surface area contributed by atoms with Crippen molar-refractivity contribution in [3.63, 3.8) is 0 Å². The van der Waals surface area contributed by atoms with Gasteiger partial charge in [0.05, 0.1) is 0 Å². The number of fused-ring (bicyclic) bond motifs is 3. The van der Waals surface area contributed by atoms with E-state index in [1.165, 1.54) is 5.56 Å². The summed E-state index contributed by atoms with van der Waals surface area (Å²) in [5.74, 6) is 1.43. The molecule has 6 heteroatoms. The molecule has 3 heterocycles. The Morgan fingerprint density at radius 1 is 1.20 bits per heavy atom. The number of benzene rings is 1. The number of likely N-dealkylation sites (N-methyl/N-ethyl adjacent to an activating group) is 1. The van der Waals surface area contributed by atoms with Crippen LogP contribution < -0.4 is 10.7 Å². The molecule has 0 saturated carbocycles. The smallest absolute Gasteiger partial charge is 0.154 e. The van der Waals surface area contributed by atoms with Gasteiger partial charge in [-0.05, 0) is 56.6 Å². The topological polar surface area (TPSA) is 42.9 Å². The van der Waals surface area contributed by atoms with Crippen LogP contribution in [0.25, 0.3) is 5.57 Å². The first-order valence-electron chi connectivity index (χ1n) is 8.95. The summed E-state index contributed by atoms with van der Waals surface area (Å²) in [7, 11) is 2.15. The first kappa shape index (κ1) is 16.3. The molecule has 1 aromatic rings. The minimum Gasteiger partial charge on any atom is -0.369 e. The van der Waals surface area contributed by atoms with Gasteiger partial charge < -0.3 is 10.2 Å². The number of halogens is 1. The van der Waals surface area contributed by atoms with Crippen LogP contribution in [-0.4, -0.2) is 49.0 Å². The van der Waals surface area contributed by atoms with Gasteiger partial charge >= 0.3 is 0 Å². The normalized spacial score (nSPS) is 21.5. The van der Waals surface area contributed by atoms with Gasteiger partial charge in [0, 0.05) is 37.0 Å². The maximum atomic E-state index is 14.5. The van der Waals surface area contributed by atoms with E-state index in [2.05, 4.69) is 22.7 Å². The molecule has 0 amide bonds. The van der Waals surface area contributed by atoms with Gasteiger partial charge in [0.2, 0.25) is 0 Å². The Morgan fingerprint density at radius 3 is 3.04 bits per heavy atom. The Kier molecular flexibility index (Phi) is 4.55. The zero-order valence-corrected chi connectivity index (χ0v) is 14.6. The van der Waals surface area contributed by atoms with E-state index in [-0.39, 0.29) is 5.82 Å². The highest BCUT2D eigenvalue weighted by atomic mass is 19.1. The summed E-state index contributed by atoms with van der Waals surface area (Å²) >= 11 is 0. The Labute approximate surface area is 147 Å². The van der Waals surface area contributed by atoms with Crippen LogP contribution in [0.2, 0.25) is 0 Å². The first-order valence-corrected chi connectivity index (χ1v) is 8.95. The summed E-state index contributed by atoms with van der Waals surface area (Å²) in [5, 5.41) is 5.25. The summed E-state index contributed by atoms with van der Waals surface area (Å²) in [6.07, 6.45) is 7.13. The summed E-state index contributed by atoms with van der Waals surface area (Å²) in [6.45, 7) is 3.48. The van der Waals surface area contributed by atoms with Crippen LogP contribution in [0, 0.1) is 5.82 Å². The number of hydrogen-bond acceptors (Lipinski definition) is 5. The molecule has 0 saturated heterocycles. The predicted molar refractivity (Wildman–Crippen MR) is 98.2 cm³/mol. The van der Waals surface area contributed by atoms with Crippen molar-refractivity contribution >= 4 is 11.4 Å². The molecule has 1 aromatic carbocycles. The Balaban J connectivity index is 1.73. The number of aliphatic imine (C=N–C) groups is 1. The van der Waals surface area contributed by atoms with Crippen molar-refractivity contribution < 1.29 is 4.39 Å². The summed E-state index contributed by atoms with van der Waals surface area (Å²) in [5.41, 5.74) is 6.02. The van der Waals surface area contributed by atoms with E-state index in [1.807, 2.05) is 29.4 Å². The molecule has 132 valence electrons. The molecule has 0 aromatic heterocycles. The number of nitrogens with zero attached hydrogens (tertiary/aromatic N) is 3. The van der Waals surface area contributed by atoms with Gasteiger partial charge in [-0.15, -0.1) is 0 Å². The molecule has 0 atom stereocenters. The van der Waals surface area contributed by atoms with Gasteiger partial charge in [0.15, 0.2) is 5.82 Å². The quantitative estimate of drug-likeness (QED) is 0.758. The van der Waals surface area contributed by atoms with Crippen molar-refractivity contribution in [1.29, 1.82) is 0 Å². The van der Waals surface area contributed by atoms with Crippen LogP contribution in [0.3, 0.4) is 0 Å². The van der Waals surface area contributed by atoms with Crippen LogP contribution in [-0.2, 0) is 6.42 Å². The minimum absolute atomic E-state index is 0.182. The SMILES string of the molecule is CN1CCCCc2ccc(F)c(c2)C2=C3N=C(C=CN3NC2)NCC1. The molecule has 4 bridgehead atoms. The molecule has 2 N–H and O–H groups in total. The average molecular weight is 341 g/mol. The fourth-order valence-electron chi connectivity index (χ4n) is 3.48. The van der Waals surface area contributed by atoms with Gasteiger partial charge in [0.25, 0.3) is 0 Å². The molecule has 0 spiro atoms. The zero-order valence-electron chi connectivity index (χ0n) is 14.6. The van der Waals surface area contributed by atoms with Crippen molar-refractivity contribution in [1.82, 2.24) is 20.7 Å². The van der Waals surface area contributed by atoms with Gasteiger partial charge in [0.1, 0.15) is 11.7 Å². The molecular weight excluding hydrogens is 317 g/mol. The molecule has 25 heavy (non-hydrogen) atoms. The van der Waals surface area contributed by atoms with Crippen LogP contribution in [0.1, 0.15) is 24.0 Å². The monoisotopic (exact) mass is 341 g/mol. The standard InChI is InChI=1S/C19H24FN5/c1-24-9-3-2-4-14-5-6-17(20)15(12-14)16-13-22-25-10-7-18(21-8-11-24)23-19(16)25/h5-7,10,12,22H,2-4,8-9,11,13H2,1H3,(H,21,23). The lowest BCUT2D eigenvalue weighted by Gasteiger charge is -2.21. The Hall–Kier alpha value is -2.18. The average Bonchev–Trinajstić information content (AvgIpc) is 3.02. The summed E-state index contributed by atoms with van der Waals surface area (Å²) < 4.78 is 14.5. The predicted octanol–water partition coefficient (Wildman–Crippen LogP) is 2.10. The van der Waals surface area contributed by atoms with Crippen LogP contribution in [0.5, 0.6) is 0 Å².